The highest BCUT2D eigenvalue weighted by atomic mass is 35.5. The number of amides is 2. The van der Waals surface area contributed by atoms with E-state index >= 15 is 0 Å². The number of ether oxygens (including phenoxy) is 1. The predicted octanol–water partition coefficient (Wildman–Crippen LogP) is 0.145. The average molecular weight is 332 g/mol. The lowest BCUT2D eigenvalue weighted by atomic mass is 9.84. The van der Waals surface area contributed by atoms with Crippen molar-refractivity contribution in [3.63, 3.8) is 0 Å². The van der Waals surface area contributed by atoms with Crippen LogP contribution in [-0.4, -0.2) is 55.1 Å². The molecule has 2 amide bonds. The zero-order valence-corrected chi connectivity index (χ0v) is 13.8. The first-order valence-electron chi connectivity index (χ1n) is 8.00. The summed E-state index contributed by atoms with van der Waals surface area (Å²) in [4.78, 5) is 26.5. The largest absolute Gasteiger partial charge is 0.378 e. The summed E-state index contributed by atoms with van der Waals surface area (Å²) in [7, 11) is 0. The Kier molecular flexibility index (Phi) is 5.69. The van der Waals surface area contributed by atoms with E-state index < -0.39 is 6.04 Å². The van der Waals surface area contributed by atoms with E-state index in [0.717, 1.165) is 19.3 Å². The van der Waals surface area contributed by atoms with Gasteiger partial charge < -0.3 is 20.7 Å². The van der Waals surface area contributed by atoms with Crippen LogP contribution in [-0.2, 0) is 14.3 Å². The molecule has 1 aliphatic heterocycles. The van der Waals surface area contributed by atoms with Crippen LogP contribution in [0.4, 0.5) is 0 Å². The summed E-state index contributed by atoms with van der Waals surface area (Å²) in [5, 5.41) is 2.88. The molecule has 7 heteroatoms. The third-order valence-corrected chi connectivity index (χ3v) is 5.34. The molecular weight excluding hydrogens is 306 g/mol. The molecule has 2 bridgehead atoms. The SMILES string of the molecule is CC(NC(=O)C1C2CCC(C2)C1N)C(=O)N1CCOCC1.Cl. The summed E-state index contributed by atoms with van der Waals surface area (Å²) in [5.74, 6) is 0.738. The van der Waals surface area contributed by atoms with Crippen LogP contribution in [0.2, 0.25) is 0 Å². The van der Waals surface area contributed by atoms with Gasteiger partial charge in [0.2, 0.25) is 11.8 Å². The number of carbonyl (C=O) groups excluding carboxylic acids is 2. The van der Waals surface area contributed by atoms with Gasteiger partial charge in [0.15, 0.2) is 0 Å². The lowest BCUT2D eigenvalue weighted by Gasteiger charge is -2.31. The minimum Gasteiger partial charge on any atom is -0.378 e. The standard InChI is InChI=1S/C15H25N3O3.ClH/c1-9(15(20)18-4-6-21-7-5-18)17-14(19)12-10-2-3-11(8-10)13(12)16;/h9-13H,2-8,16H2,1H3,(H,17,19);1H. The number of nitrogens with two attached hydrogens (primary N) is 1. The molecule has 0 radical (unpaired) electrons. The van der Waals surface area contributed by atoms with Gasteiger partial charge in [-0.05, 0) is 38.0 Å². The van der Waals surface area contributed by atoms with Crippen LogP contribution in [0, 0.1) is 17.8 Å². The van der Waals surface area contributed by atoms with Crippen molar-refractivity contribution in [2.45, 2.75) is 38.3 Å². The highest BCUT2D eigenvalue weighted by Crippen LogP contribution is 2.47. The van der Waals surface area contributed by atoms with Crippen LogP contribution in [0.5, 0.6) is 0 Å². The summed E-state index contributed by atoms with van der Waals surface area (Å²) < 4.78 is 5.24. The van der Waals surface area contributed by atoms with E-state index in [9.17, 15) is 9.59 Å². The fourth-order valence-electron chi connectivity index (χ4n) is 4.15. The number of carbonyl (C=O) groups is 2. The van der Waals surface area contributed by atoms with Gasteiger partial charge in [0.25, 0.3) is 0 Å². The van der Waals surface area contributed by atoms with Crippen molar-refractivity contribution in [2.75, 3.05) is 26.3 Å². The van der Waals surface area contributed by atoms with Crippen molar-refractivity contribution in [2.24, 2.45) is 23.5 Å². The lowest BCUT2D eigenvalue weighted by molar-refractivity contribution is -0.140. The van der Waals surface area contributed by atoms with Gasteiger partial charge in [0.05, 0.1) is 19.1 Å². The third kappa shape index (κ3) is 3.24. The number of nitrogens with zero attached hydrogens (tertiary/aromatic N) is 1. The Hall–Kier alpha value is -0.850. The highest BCUT2D eigenvalue weighted by Gasteiger charge is 2.49. The Labute approximate surface area is 137 Å². The third-order valence-electron chi connectivity index (χ3n) is 5.34. The molecule has 0 aromatic rings. The average Bonchev–Trinajstić information content (AvgIpc) is 3.08. The summed E-state index contributed by atoms with van der Waals surface area (Å²) in [6.45, 7) is 4.11. The van der Waals surface area contributed by atoms with Gasteiger partial charge in [-0.2, -0.15) is 0 Å². The molecule has 3 aliphatic rings. The van der Waals surface area contributed by atoms with Crippen LogP contribution < -0.4 is 11.1 Å². The zero-order valence-electron chi connectivity index (χ0n) is 13.0. The van der Waals surface area contributed by atoms with E-state index in [0.29, 0.717) is 38.1 Å². The second-order valence-electron chi connectivity index (χ2n) is 6.60. The predicted molar refractivity (Wildman–Crippen MR) is 84.5 cm³/mol. The maximum Gasteiger partial charge on any atom is 0.245 e. The monoisotopic (exact) mass is 331 g/mol. The van der Waals surface area contributed by atoms with E-state index in [1.165, 1.54) is 0 Å². The topological polar surface area (TPSA) is 84.7 Å². The first kappa shape index (κ1) is 17.5. The summed E-state index contributed by atoms with van der Waals surface area (Å²) >= 11 is 0. The normalized spacial score (nSPS) is 34.9. The maximum atomic E-state index is 12.5. The Morgan fingerprint density at radius 3 is 2.45 bits per heavy atom. The first-order chi connectivity index (χ1) is 10.1. The smallest absolute Gasteiger partial charge is 0.245 e. The van der Waals surface area contributed by atoms with E-state index in [1.54, 1.807) is 11.8 Å². The van der Waals surface area contributed by atoms with Gasteiger partial charge in [-0.3, -0.25) is 9.59 Å². The molecular formula is C15H26ClN3O3. The molecule has 3 N–H and O–H groups in total. The fourth-order valence-corrected chi connectivity index (χ4v) is 4.15. The molecule has 126 valence electrons. The molecule has 2 aliphatic carbocycles. The van der Waals surface area contributed by atoms with Gasteiger partial charge >= 0.3 is 0 Å². The van der Waals surface area contributed by atoms with Crippen LogP contribution in [0.1, 0.15) is 26.2 Å². The number of fused-ring (bicyclic) bond motifs is 2. The Morgan fingerprint density at radius 1 is 1.23 bits per heavy atom. The number of morpholine rings is 1. The Morgan fingerprint density at radius 2 is 1.86 bits per heavy atom. The minimum absolute atomic E-state index is 0. The van der Waals surface area contributed by atoms with E-state index in [-0.39, 0.29) is 36.2 Å². The Bertz CT molecular complexity index is 426. The van der Waals surface area contributed by atoms with Crippen LogP contribution in [0.25, 0.3) is 0 Å². The van der Waals surface area contributed by atoms with Gasteiger partial charge in [-0.1, -0.05) is 0 Å². The van der Waals surface area contributed by atoms with Crippen molar-refractivity contribution in [3.8, 4) is 0 Å². The first-order valence-corrected chi connectivity index (χ1v) is 8.00. The maximum absolute atomic E-state index is 12.5. The van der Waals surface area contributed by atoms with E-state index in [4.69, 9.17) is 10.5 Å². The van der Waals surface area contributed by atoms with Crippen LogP contribution in [0.3, 0.4) is 0 Å². The molecule has 0 spiro atoms. The van der Waals surface area contributed by atoms with Gasteiger partial charge in [0, 0.05) is 19.1 Å². The van der Waals surface area contributed by atoms with Crippen LogP contribution in [0.15, 0.2) is 0 Å². The van der Waals surface area contributed by atoms with Crippen molar-refractivity contribution in [1.82, 2.24) is 10.2 Å². The number of hydrogen-bond acceptors (Lipinski definition) is 4. The molecule has 22 heavy (non-hydrogen) atoms. The van der Waals surface area contributed by atoms with Gasteiger partial charge in [-0.25, -0.2) is 0 Å². The van der Waals surface area contributed by atoms with E-state index in [2.05, 4.69) is 5.32 Å². The molecule has 2 saturated carbocycles. The molecule has 5 unspecified atom stereocenters. The number of halogens is 1. The number of hydrogen-bond donors (Lipinski definition) is 2. The summed E-state index contributed by atoms with van der Waals surface area (Å²) in [6, 6.07) is -0.517. The van der Waals surface area contributed by atoms with Gasteiger partial charge in [0.1, 0.15) is 6.04 Å². The molecule has 1 saturated heterocycles. The van der Waals surface area contributed by atoms with Gasteiger partial charge in [-0.15, -0.1) is 12.4 Å². The number of rotatable bonds is 3. The molecule has 0 aromatic heterocycles. The second kappa shape index (κ2) is 7.15. The minimum atomic E-state index is -0.484. The highest BCUT2D eigenvalue weighted by molar-refractivity contribution is 5.89. The second-order valence-corrected chi connectivity index (χ2v) is 6.60. The molecule has 0 aromatic carbocycles. The number of nitrogens with one attached hydrogen (secondary N) is 1. The molecule has 6 nitrogen and oxygen atoms in total. The van der Waals surface area contributed by atoms with Crippen LogP contribution >= 0.6 is 12.4 Å². The molecule has 3 rings (SSSR count). The van der Waals surface area contributed by atoms with Crippen molar-refractivity contribution >= 4 is 24.2 Å². The summed E-state index contributed by atoms with van der Waals surface area (Å²) in [5.41, 5.74) is 6.19. The van der Waals surface area contributed by atoms with Crippen molar-refractivity contribution < 1.29 is 14.3 Å². The Balaban J connectivity index is 0.00000176. The van der Waals surface area contributed by atoms with Crippen molar-refractivity contribution in [1.29, 1.82) is 0 Å². The van der Waals surface area contributed by atoms with Crippen molar-refractivity contribution in [3.05, 3.63) is 0 Å². The molecule has 5 atom stereocenters. The lowest BCUT2D eigenvalue weighted by Crippen LogP contribution is -2.53. The fraction of sp³-hybridized carbons (Fsp3) is 0.867. The zero-order chi connectivity index (χ0) is 15.0. The molecule has 1 heterocycles. The quantitative estimate of drug-likeness (QED) is 0.770. The summed E-state index contributed by atoms with van der Waals surface area (Å²) in [6.07, 6.45) is 3.32. The molecule has 3 fully saturated rings. The van der Waals surface area contributed by atoms with E-state index in [1.807, 2.05) is 0 Å².